The fourth-order valence-corrected chi connectivity index (χ4v) is 1.82. The molecule has 0 aromatic rings. The van der Waals surface area contributed by atoms with E-state index in [1.54, 1.807) is 6.08 Å². The van der Waals surface area contributed by atoms with Gasteiger partial charge in [0, 0.05) is 0 Å². The maximum absolute atomic E-state index is 11.4. The van der Waals surface area contributed by atoms with Crippen molar-refractivity contribution in [3.05, 3.63) is 11.8 Å². The second kappa shape index (κ2) is 7.35. The molecule has 1 atom stereocenters. The van der Waals surface area contributed by atoms with Crippen molar-refractivity contribution < 1.29 is 12.4 Å². The van der Waals surface area contributed by atoms with Crippen molar-refractivity contribution in [1.29, 1.82) is 0 Å². The van der Waals surface area contributed by atoms with E-state index in [0.717, 1.165) is 0 Å². The van der Waals surface area contributed by atoms with E-state index in [1.165, 1.54) is 0 Å². The third-order valence-corrected chi connectivity index (χ3v) is 2.79. The van der Waals surface area contributed by atoms with E-state index < -0.39 is 0 Å². The van der Waals surface area contributed by atoms with Gasteiger partial charge in [0.2, 0.25) is 0 Å². The Morgan fingerprint density at radius 3 is 2.36 bits per heavy atom. The van der Waals surface area contributed by atoms with E-state index >= 15 is 0 Å². The quantitative estimate of drug-likeness (QED) is 0.549. The van der Waals surface area contributed by atoms with Gasteiger partial charge in [0.05, 0.1) is 0 Å². The van der Waals surface area contributed by atoms with Gasteiger partial charge in [-0.3, -0.25) is 0 Å². The molecule has 0 rings (SSSR count). The predicted octanol–water partition coefficient (Wildman–Crippen LogP) is 1.35. The summed E-state index contributed by atoms with van der Waals surface area (Å²) < 4.78 is 10.6. The van der Waals surface area contributed by atoms with Gasteiger partial charge in [0.1, 0.15) is 0 Å². The van der Waals surface area contributed by atoms with Crippen molar-refractivity contribution in [3.8, 4) is 0 Å². The summed E-state index contributed by atoms with van der Waals surface area (Å²) in [6.07, 6.45) is 1.44. The molecular formula is C10H18InO3. The first-order valence-corrected chi connectivity index (χ1v) is 6.46. The molecule has 0 aromatic heterocycles. The standard InChI is InChI=1S/C10H18O3.In.H/c1-5-13-8(4)10(12)6-9(11)7(2)3;;/h6-8,12H,5H2,1-4H3;;/q;+1;/p-1. The Morgan fingerprint density at radius 2 is 2.00 bits per heavy atom. The molecule has 0 aliphatic rings. The van der Waals surface area contributed by atoms with Gasteiger partial charge in [-0.1, -0.05) is 0 Å². The Morgan fingerprint density at radius 1 is 1.43 bits per heavy atom. The van der Waals surface area contributed by atoms with Gasteiger partial charge in [-0.25, -0.2) is 0 Å². The SMILES string of the molecule is CCOC(C)C(=CC(=O)C(C)C)[O][InH]. The van der Waals surface area contributed by atoms with Crippen LogP contribution in [-0.2, 0) is 12.4 Å². The summed E-state index contributed by atoms with van der Waals surface area (Å²) in [5.41, 5.74) is 0. The molecule has 0 N–H and O–H groups in total. The molecule has 3 nitrogen and oxygen atoms in total. The molecule has 0 aliphatic heterocycles. The van der Waals surface area contributed by atoms with Crippen LogP contribution in [0.15, 0.2) is 11.8 Å². The number of allylic oxidation sites excluding steroid dienone is 1. The van der Waals surface area contributed by atoms with Crippen LogP contribution in [0, 0.1) is 5.92 Å². The summed E-state index contributed by atoms with van der Waals surface area (Å²) >= 11 is 0.360. The molecule has 0 saturated heterocycles. The minimum absolute atomic E-state index is 0.0133. The molecule has 0 saturated carbocycles. The van der Waals surface area contributed by atoms with Gasteiger partial charge in [0.25, 0.3) is 0 Å². The zero-order valence-electron chi connectivity index (χ0n) is 9.37. The molecule has 0 bridgehead atoms. The van der Waals surface area contributed by atoms with Crippen molar-refractivity contribution in [2.45, 2.75) is 33.8 Å². The second-order valence-electron chi connectivity index (χ2n) is 3.35. The first kappa shape index (κ1) is 14.0. The van der Waals surface area contributed by atoms with Crippen molar-refractivity contribution in [2.24, 2.45) is 5.92 Å². The third-order valence-electron chi connectivity index (χ3n) is 1.84. The van der Waals surface area contributed by atoms with E-state index in [1.807, 2.05) is 27.7 Å². The molecule has 1 radical (unpaired) electrons. The van der Waals surface area contributed by atoms with E-state index in [0.29, 0.717) is 37.2 Å². The van der Waals surface area contributed by atoms with Gasteiger partial charge >= 0.3 is 101 Å². The van der Waals surface area contributed by atoms with Gasteiger partial charge in [-0.2, -0.15) is 0 Å². The Labute approximate surface area is 101 Å². The van der Waals surface area contributed by atoms with Crippen molar-refractivity contribution in [3.63, 3.8) is 0 Å². The molecule has 0 spiro atoms. The van der Waals surface area contributed by atoms with Crippen LogP contribution in [0.5, 0.6) is 0 Å². The summed E-state index contributed by atoms with van der Waals surface area (Å²) in [5.74, 6) is 0.768. The summed E-state index contributed by atoms with van der Waals surface area (Å²) in [5, 5.41) is 0. The number of hydrogen-bond acceptors (Lipinski definition) is 3. The van der Waals surface area contributed by atoms with Crippen LogP contribution in [0.1, 0.15) is 27.7 Å². The van der Waals surface area contributed by atoms with Crippen LogP contribution in [0.4, 0.5) is 0 Å². The first-order chi connectivity index (χ1) is 6.52. The number of rotatable bonds is 6. The van der Waals surface area contributed by atoms with E-state index in [-0.39, 0.29) is 17.8 Å². The first-order valence-electron chi connectivity index (χ1n) is 4.82. The molecule has 0 aliphatic carbocycles. The van der Waals surface area contributed by atoms with Crippen molar-refractivity contribution in [2.75, 3.05) is 6.61 Å². The summed E-state index contributed by atoms with van der Waals surface area (Å²) in [6, 6.07) is 0. The molecule has 14 heavy (non-hydrogen) atoms. The molecule has 0 heterocycles. The third kappa shape index (κ3) is 5.05. The van der Waals surface area contributed by atoms with E-state index in [9.17, 15) is 4.79 Å². The number of ketones is 1. The number of ether oxygens (including phenoxy) is 1. The van der Waals surface area contributed by atoms with Gasteiger partial charge in [-0.15, -0.1) is 0 Å². The zero-order chi connectivity index (χ0) is 11.1. The minimum atomic E-state index is -0.117. The fourth-order valence-electron chi connectivity index (χ4n) is 0.915. The normalized spacial score (nSPS) is 14.2. The van der Waals surface area contributed by atoms with Crippen LogP contribution >= 0.6 is 0 Å². The molecule has 0 amide bonds. The Hall–Kier alpha value is 0.0401. The fraction of sp³-hybridized carbons (Fsp3) is 0.700. The average molecular weight is 301 g/mol. The number of carbonyl (C=O) groups excluding carboxylic acids is 1. The molecular weight excluding hydrogens is 283 g/mol. The molecule has 0 fully saturated rings. The molecule has 4 heteroatoms. The van der Waals surface area contributed by atoms with Gasteiger partial charge in [0.15, 0.2) is 0 Å². The summed E-state index contributed by atoms with van der Waals surface area (Å²) in [6.45, 7) is 8.19. The van der Waals surface area contributed by atoms with E-state index in [4.69, 9.17) is 7.59 Å². The van der Waals surface area contributed by atoms with Crippen LogP contribution < -0.4 is 0 Å². The molecule has 0 aromatic carbocycles. The Balaban J connectivity index is 4.45. The van der Waals surface area contributed by atoms with Gasteiger partial charge < -0.3 is 0 Å². The monoisotopic (exact) mass is 301 g/mol. The topological polar surface area (TPSA) is 35.5 Å². The van der Waals surface area contributed by atoms with Crippen molar-refractivity contribution >= 4 is 30.6 Å². The van der Waals surface area contributed by atoms with Crippen LogP contribution in [0.3, 0.4) is 0 Å². The number of hydrogen-bond donors (Lipinski definition) is 0. The predicted molar refractivity (Wildman–Crippen MR) is 57.3 cm³/mol. The molecule has 1 unspecified atom stereocenters. The average Bonchev–Trinajstić information content (AvgIpc) is 2.13. The zero-order valence-corrected chi connectivity index (χ0v) is 13.4. The summed E-state index contributed by atoms with van der Waals surface area (Å²) in [7, 11) is 0. The molecule has 79 valence electrons. The maximum atomic E-state index is 11.4. The Kier molecular flexibility index (Phi) is 7.37. The van der Waals surface area contributed by atoms with Gasteiger partial charge in [-0.05, 0) is 0 Å². The van der Waals surface area contributed by atoms with Crippen molar-refractivity contribution in [1.82, 2.24) is 0 Å². The van der Waals surface area contributed by atoms with Crippen LogP contribution in [0.2, 0.25) is 0 Å². The summed E-state index contributed by atoms with van der Waals surface area (Å²) in [4.78, 5) is 11.4. The Bertz CT molecular complexity index is 211. The number of carbonyl (C=O) groups is 1. The van der Waals surface area contributed by atoms with Crippen LogP contribution in [0.25, 0.3) is 0 Å². The van der Waals surface area contributed by atoms with E-state index in [2.05, 4.69) is 0 Å². The van der Waals surface area contributed by atoms with Crippen LogP contribution in [-0.4, -0.2) is 43.3 Å². The second-order valence-corrected chi connectivity index (χ2v) is 4.17.